The van der Waals surface area contributed by atoms with Crippen molar-refractivity contribution in [1.29, 1.82) is 0 Å². The van der Waals surface area contributed by atoms with Crippen LogP contribution in [0.3, 0.4) is 0 Å². The summed E-state index contributed by atoms with van der Waals surface area (Å²) in [5.74, 6) is 0.843. The maximum absolute atomic E-state index is 5.58. The fraction of sp³-hybridized carbons (Fsp3) is 0.250. The maximum atomic E-state index is 5.58. The fourth-order valence-corrected chi connectivity index (χ4v) is 1.09. The largest absolute Gasteiger partial charge is 0.491 e. The molecule has 13 heavy (non-hydrogen) atoms. The molecule has 1 aromatic carbocycles. The van der Waals surface area contributed by atoms with Crippen molar-refractivity contribution in [3.05, 3.63) is 48.9 Å². The molecule has 0 N–H and O–H groups in total. The Morgan fingerprint density at radius 3 is 2.38 bits per heavy atom. The molecule has 0 spiro atoms. The summed E-state index contributed by atoms with van der Waals surface area (Å²) in [7, 11) is 0. The standard InChI is InChI=1S/C12H15O/c1-4-12(13-10(2)3)11-8-6-5-7-9-11/h4-10H,1H2,2-3H3. The normalized spacial score (nSPS) is 11.8. The molecular formula is C12H15O. The van der Waals surface area contributed by atoms with Gasteiger partial charge in [-0.05, 0) is 26.8 Å². The highest BCUT2D eigenvalue weighted by Crippen LogP contribution is 2.16. The number of ether oxygens (including phenoxy) is 1. The molecule has 0 saturated carbocycles. The van der Waals surface area contributed by atoms with Crippen molar-refractivity contribution in [1.82, 2.24) is 0 Å². The molecular weight excluding hydrogens is 160 g/mol. The number of hydrogen-bond acceptors (Lipinski definition) is 1. The van der Waals surface area contributed by atoms with Crippen LogP contribution in [0.25, 0.3) is 5.76 Å². The number of rotatable bonds is 3. The van der Waals surface area contributed by atoms with Crippen LogP contribution >= 0.6 is 0 Å². The SMILES string of the molecule is [CH2]C=C(OC(C)C)c1ccccc1. The maximum Gasteiger partial charge on any atom is 0.122 e. The lowest BCUT2D eigenvalue weighted by Crippen LogP contribution is -2.01. The molecule has 1 heteroatoms. The topological polar surface area (TPSA) is 9.23 Å². The zero-order chi connectivity index (χ0) is 9.68. The molecule has 0 aromatic heterocycles. The molecule has 0 heterocycles. The highest BCUT2D eigenvalue weighted by Gasteiger charge is 2.02. The van der Waals surface area contributed by atoms with Crippen molar-refractivity contribution in [2.45, 2.75) is 20.0 Å². The van der Waals surface area contributed by atoms with Gasteiger partial charge in [0, 0.05) is 5.56 Å². The fourth-order valence-electron chi connectivity index (χ4n) is 1.09. The molecule has 0 fully saturated rings. The summed E-state index contributed by atoms with van der Waals surface area (Å²) >= 11 is 0. The molecule has 1 nitrogen and oxygen atoms in total. The second kappa shape index (κ2) is 4.70. The van der Waals surface area contributed by atoms with Gasteiger partial charge in [-0.3, -0.25) is 0 Å². The van der Waals surface area contributed by atoms with Gasteiger partial charge in [0.25, 0.3) is 0 Å². The van der Waals surface area contributed by atoms with Crippen molar-refractivity contribution in [3.8, 4) is 0 Å². The van der Waals surface area contributed by atoms with Gasteiger partial charge in [0.2, 0.25) is 0 Å². The first kappa shape index (κ1) is 9.85. The number of benzene rings is 1. The highest BCUT2D eigenvalue weighted by molar-refractivity contribution is 5.60. The van der Waals surface area contributed by atoms with E-state index < -0.39 is 0 Å². The monoisotopic (exact) mass is 175 g/mol. The molecule has 0 unspecified atom stereocenters. The predicted octanol–water partition coefficient (Wildman–Crippen LogP) is 3.29. The van der Waals surface area contributed by atoms with Crippen molar-refractivity contribution in [3.63, 3.8) is 0 Å². The lowest BCUT2D eigenvalue weighted by atomic mass is 10.2. The van der Waals surface area contributed by atoms with Gasteiger partial charge in [-0.15, -0.1) is 0 Å². The third kappa shape index (κ3) is 2.94. The first-order valence-electron chi connectivity index (χ1n) is 4.45. The average molecular weight is 175 g/mol. The lowest BCUT2D eigenvalue weighted by molar-refractivity contribution is 0.204. The van der Waals surface area contributed by atoms with E-state index in [-0.39, 0.29) is 6.10 Å². The summed E-state index contributed by atoms with van der Waals surface area (Å²) in [4.78, 5) is 0. The predicted molar refractivity (Wildman–Crippen MR) is 56.0 cm³/mol. The third-order valence-electron chi connectivity index (χ3n) is 1.61. The van der Waals surface area contributed by atoms with Crippen LogP contribution in [0, 0.1) is 6.92 Å². The minimum atomic E-state index is 0.188. The van der Waals surface area contributed by atoms with Gasteiger partial charge in [-0.1, -0.05) is 30.3 Å². The van der Waals surface area contributed by atoms with Gasteiger partial charge in [0.1, 0.15) is 5.76 Å². The van der Waals surface area contributed by atoms with Crippen LogP contribution in [0.15, 0.2) is 36.4 Å². The molecule has 0 aliphatic rings. The molecule has 0 amide bonds. The third-order valence-corrected chi connectivity index (χ3v) is 1.61. The summed E-state index contributed by atoms with van der Waals surface area (Å²) in [6.45, 7) is 7.74. The number of allylic oxidation sites excluding steroid dienone is 1. The Morgan fingerprint density at radius 2 is 1.92 bits per heavy atom. The highest BCUT2D eigenvalue weighted by atomic mass is 16.5. The van der Waals surface area contributed by atoms with Crippen molar-refractivity contribution in [2.75, 3.05) is 0 Å². The van der Waals surface area contributed by atoms with E-state index in [4.69, 9.17) is 4.74 Å². The number of hydrogen-bond donors (Lipinski definition) is 0. The smallest absolute Gasteiger partial charge is 0.122 e. The van der Waals surface area contributed by atoms with E-state index in [1.54, 1.807) is 6.08 Å². The van der Waals surface area contributed by atoms with Gasteiger partial charge in [0.05, 0.1) is 6.10 Å². The van der Waals surface area contributed by atoms with Crippen LogP contribution in [0.1, 0.15) is 19.4 Å². The van der Waals surface area contributed by atoms with Gasteiger partial charge in [-0.2, -0.15) is 0 Å². The molecule has 0 aliphatic carbocycles. The molecule has 1 aromatic rings. The van der Waals surface area contributed by atoms with Gasteiger partial charge < -0.3 is 4.74 Å². The van der Waals surface area contributed by atoms with Crippen LogP contribution < -0.4 is 0 Å². The van der Waals surface area contributed by atoms with E-state index in [0.717, 1.165) is 11.3 Å². The summed E-state index contributed by atoms with van der Waals surface area (Å²) < 4.78 is 5.58. The van der Waals surface area contributed by atoms with Crippen LogP contribution in [-0.4, -0.2) is 6.10 Å². The summed E-state index contributed by atoms with van der Waals surface area (Å²) in [5.41, 5.74) is 1.08. The first-order chi connectivity index (χ1) is 6.24. The Kier molecular flexibility index (Phi) is 3.56. The molecule has 69 valence electrons. The molecule has 1 radical (unpaired) electrons. The van der Waals surface area contributed by atoms with E-state index in [2.05, 4.69) is 6.92 Å². The first-order valence-corrected chi connectivity index (χ1v) is 4.45. The van der Waals surface area contributed by atoms with Crippen molar-refractivity contribution < 1.29 is 4.74 Å². The average Bonchev–Trinajstić information content (AvgIpc) is 2.15. The molecule has 0 bridgehead atoms. The zero-order valence-electron chi connectivity index (χ0n) is 8.16. The Bertz CT molecular complexity index is 272. The zero-order valence-corrected chi connectivity index (χ0v) is 8.16. The summed E-state index contributed by atoms with van der Waals surface area (Å²) in [5, 5.41) is 0. The Hall–Kier alpha value is -1.24. The molecule has 0 atom stereocenters. The van der Waals surface area contributed by atoms with Gasteiger partial charge in [0.15, 0.2) is 0 Å². The molecule has 0 aliphatic heterocycles. The van der Waals surface area contributed by atoms with E-state index in [9.17, 15) is 0 Å². The van der Waals surface area contributed by atoms with Crippen molar-refractivity contribution >= 4 is 5.76 Å². The minimum absolute atomic E-state index is 0.188. The second-order valence-electron chi connectivity index (χ2n) is 3.10. The summed E-state index contributed by atoms with van der Waals surface area (Å²) in [6.07, 6.45) is 1.93. The second-order valence-corrected chi connectivity index (χ2v) is 3.10. The van der Waals surface area contributed by atoms with E-state index in [1.807, 2.05) is 44.2 Å². The van der Waals surface area contributed by atoms with E-state index >= 15 is 0 Å². The van der Waals surface area contributed by atoms with E-state index in [0.29, 0.717) is 0 Å². The quantitative estimate of drug-likeness (QED) is 0.640. The summed E-state index contributed by atoms with van der Waals surface area (Å²) in [6, 6.07) is 9.99. The van der Waals surface area contributed by atoms with Gasteiger partial charge >= 0.3 is 0 Å². The van der Waals surface area contributed by atoms with Crippen molar-refractivity contribution in [2.24, 2.45) is 0 Å². The van der Waals surface area contributed by atoms with Crippen LogP contribution in [-0.2, 0) is 4.74 Å². The lowest BCUT2D eigenvalue weighted by Gasteiger charge is -2.13. The van der Waals surface area contributed by atoms with E-state index in [1.165, 1.54) is 0 Å². The van der Waals surface area contributed by atoms with Gasteiger partial charge in [-0.25, -0.2) is 0 Å². The van der Waals surface area contributed by atoms with Crippen LogP contribution in [0.2, 0.25) is 0 Å². The Morgan fingerprint density at radius 1 is 1.31 bits per heavy atom. The Balaban J connectivity index is 2.80. The molecule has 1 rings (SSSR count). The minimum Gasteiger partial charge on any atom is -0.491 e. The van der Waals surface area contributed by atoms with Crippen LogP contribution in [0.4, 0.5) is 0 Å². The van der Waals surface area contributed by atoms with Crippen LogP contribution in [0.5, 0.6) is 0 Å². The Labute approximate surface area is 80.0 Å². The molecule has 0 saturated heterocycles.